The number of sulfone groups is 1. The van der Waals surface area contributed by atoms with E-state index in [-0.39, 0.29) is 30.0 Å². The molecule has 0 bridgehead atoms. The Labute approximate surface area is 152 Å². The number of pyridine rings is 1. The zero-order valence-corrected chi connectivity index (χ0v) is 15.5. The molecule has 0 saturated carbocycles. The van der Waals surface area contributed by atoms with Crippen LogP contribution in [0.2, 0.25) is 5.02 Å². The molecule has 6 nitrogen and oxygen atoms in total. The Morgan fingerprint density at radius 2 is 2.24 bits per heavy atom. The van der Waals surface area contributed by atoms with Gasteiger partial charge in [-0.3, -0.25) is 14.7 Å². The van der Waals surface area contributed by atoms with Crippen molar-refractivity contribution in [3.8, 4) is 0 Å². The van der Waals surface area contributed by atoms with Gasteiger partial charge in [-0.15, -0.1) is 0 Å². The van der Waals surface area contributed by atoms with Gasteiger partial charge in [-0.1, -0.05) is 17.7 Å². The minimum atomic E-state index is -3.00. The minimum absolute atomic E-state index is 0.0330. The highest BCUT2D eigenvalue weighted by atomic mass is 35.5. The maximum atomic E-state index is 12.2. The first-order valence-corrected chi connectivity index (χ1v) is 10.2. The molecular formula is C17H20ClN3O3S. The Morgan fingerprint density at radius 1 is 1.44 bits per heavy atom. The standard InChI is InChI=1S/C17H20ClN3O3S/c1-21(10-16(22)20-15-4-6-25(23,24)11-15)9-13-8-14(18)7-12-3-2-5-19-17(12)13/h2-3,5,7-8,15H,4,6,9-11H2,1H3,(H,20,22). The number of carbonyl (C=O) groups excluding carboxylic acids is 1. The number of aromatic nitrogens is 1. The van der Waals surface area contributed by atoms with Gasteiger partial charge in [0.1, 0.15) is 0 Å². The maximum Gasteiger partial charge on any atom is 0.234 e. The number of nitrogens with one attached hydrogen (secondary N) is 1. The van der Waals surface area contributed by atoms with Crippen LogP contribution in [0.1, 0.15) is 12.0 Å². The number of hydrogen-bond donors (Lipinski definition) is 1. The van der Waals surface area contributed by atoms with Crippen molar-refractivity contribution in [2.24, 2.45) is 0 Å². The molecule has 134 valence electrons. The number of carbonyl (C=O) groups is 1. The summed E-state index contributed by atoms with van der Waals surface area (Å²) >= 11 is 6.17. The fraction of sp³-hybridized carbons (Fsp3) is 0.412. The summed E-state index contributed by atoms with van der Waals surface area (Å²) in [6, 6.07) is 7.25. The van der Waals surface area contributed by atoms with Crippen LogP contribution in [0.4, 0.5) is 0 Å². The summed E-state index contributed by atoms with van der Waals surface area (Å²) in [6.07, 6.45) is 2.22. The molecule has 1 fully saturated rings. The van der Waals surface area contributed by atoms with Crippen molar-refractivity contribution >= 4 is 38.2 Å². The van der Waals surface area contributed by atoms with E-state index in [1.165, 1.54) is 0 Å². The second-order valence-electron chi connectivity index (χ2n) is 6.48. The summed E-state index contributed by atoms with van der Waals surface area (Å²) in [5.74, 6) is 0.00287. The molecule has 1 saturated heterocycles. The smallest absolute Gasteiger partial charge is 0.234 e. The number of fused-ring (bicyclic) bond motifs is 1. The number of amides is 1. The lowest BCUT2D eigenvalue weighted by Gasteiger charge is -2.19. The van der Waals surface area contributed by atoms with Gasteiger partial charge in [0, 0.05) is 29.2 Å². The summed E-state index contributed by atoms with van der Waals surface area (Å²) in [5, 5.41) is 4.38. The Bertz CT molecular complexity index is 901. The SMILES string of the molecule is CN(CC(=O)NC1CCS(=O)(=O)C1)Cc1cc(Cl)cc2cccnc12. The van der Waals surface area contributed by atoms with Crippen molar-refractivity contribution in [2.75, 3.05) is 25.1 Å². The number of nitrogens with zero attached hydrogens (tertiary/aromatic N) is 2. The van der Waals surface area contributed by atoms with Gasteiger partial charge in [-0.25, -0.2) is 8.42 Å². The molecule has 8 heteroatoms. The van der Waals surface area contributed by atoms with Crippen LogP contribution in [0.25, 0.3) is 10.9 Å². The quantitative estimate of drug-likeness (QED) is 0.851. The highest BCUT2D eigenvalue weighted by Gasteiger charge is 2.29. The molecule has 3 rings (SSSR count). The first kappa shape index (κ1) is 18.1. The van der Waals surface area contributed by atoms with Crippen LogP contribution in [0.15, 0.2) is 30.5 Å². The predicted octanol–water partition coefficient (Wildman–Crippen LogP) is 1.62. The van der Waals surface area contributed by atoms with Crippen LogP contribution in [0, 0.1) is 0 Å². The van der Waals surface area contributed by atoms with Crippen LogP contribution in [-0.4, -0.2) is 55.3 Å². The van der Waals surface area contributed by atoms with Crippen LogP contribution >= 0.6 is 11.6 Å². The molecule has 1 N–H and O–H groups in total. The topological polar surface area (TPSA) is 79.4 Å². The highest BCUT2D eigenvalue weighted by Crippen LogP contribution is 2.23. The van der Waals surface area contributed by atoms with E-state index in [1.807, 2.05) is 36.2 Å². The van der Waals surface area contributed by atoms with Crippen LogP contribution in [0.3, 0.4) is 0 Å². The average molecular weight is 382 g/mol. The first-order valence-electron chi connectivity index (χ1n) is 8.04. The zero-order chi connectivity index (χ0) is 18.0. The third-order valence-electron chi connectivity index (χ3n) is 4.20. The highest BCUT2D eigenvalue weighted by molar-refractivity contribution is 7.91. The number of benzene rings is 1. The van der Waals surface area contributed by atoms with Crippen LogP contribution < -0.4 is 5.32 Å². The fourth-order valence-corrected chi connectivity index (χ4v) is 5.04. The van der Waals surface area contributed by atoms with E-state index >= 15 is 0 Å². The lowest BCUT2D eigenvalue weighted by atomic mass is 10.1. The van der Waals surface area contributed by atoms with Crippen molar-refractivity contribution in [3.05, 3.63) is 41.0 Å². The number of hydrogen-bond acceptors (Lipinski definition) is 5. The first-order chi connectivity index (χ1) is 11.8. The van der Waals surface area contributed by atoms with Crippen molar-refractivity contribution in [2.45, 2.75) is 19.0 Å². The molecule has 2 aromatic rings. The van der Waals surface area contributed by atoms with E-state index in [0.717, 1.165) is 16.5 Å². The van der Waals surface area contributed by atoms with Gasteiger partial charge in [-0.2, -0.15) is 0 Å². The molecule has 2 heterocycles. The summed E-state index contributed by atoms with van der Waals surface area (Å²) in [6.45, 7) is 0.696. The maximum absolute atomic E-state index is 12.2. The molecule has 1 atom stereocenters. The number of likely N-dealkylation sites (N-methyl/N-ethyl adjacent to an activating group) is 1. The van der Waals surface area contributed by atoms with Crippen molar-refractivity contribution in [3.63, 3.8) is 0 Å². The van der Waals surface area contributed by atoms with E-state index in [2.05, 4.69) is 10.3 Å². The van der Waals surface area contributed by atoms with E-state index in [1.54, 1.807) is 6.20 Å². The van der Waals surface area contributed by atoms with Gasteiger partial charge < -0.3 is 5.32 Å². The molecular weight excluding hydrogens is 362 g/mol. The zero-order valence-electron chi connectivity index (χ0n) is 13.9. The summed E-state index contributed by atoms with van der Waals surface area (Å²) in [4.78, 5) is 18.4. The van der Waals surface area contributed by atoms with Crippen molar-refractivity contribution < 1.29 is 13.2 Å². The molecule has 1 aliphatic rings. The van der Waals surface area contributed by atoms with Crippen LogP contribution in [0.5, 0.6) is 0 Å². The Balaban J connectivity index is 1.63. The number of rotatable bonds is 5. The molecule has 1 aromatic heterocycles. The average Bonchev–Trinajstić information content (AvgIpc) is 2.85. The Kier molecular flexibility index (Phi) is 5.27. The molecule has 0 radical (unpaired) electrons. The molecule has 0 spiro atoms. The van der Waals surface area contributed by atoms with Crippen molar-refractivity contribution in [1.29, 1.82) is 0 Å². The lowest BCUT2D eigenvalue weighted by Crippen LogP contribution is -2.41. The second-order valence-corrected chi connectivity index (χ2v) is 9.14. The summed E-state index contributed by atoms with van der Waals surface area (Å²) < 4.78 is 22.9. The van der Waals surface area contributed by atoms with E-state index in [0.29, 0.717) is 18.0 Å². The van der Waals surface area contributed by atoms with Crippen LogP contribution in [-0.2, 0) is 21.2 Å². The molecule has 25 heavy (non-hydrogen) atoms. The monoisotopic (exact) mass is 381 g/mol. The van der Waals surface area contributed by atoms with Gasteiger partial charge in [-0.05, 0) is 37.2 Å². The Hall–Kier alpha value is -1.70. The van der Waals surface area contributed by atoms with Gasteiger partial charge in [0.15, 0.2) is 9.84 Å². The van der Waals surface area contributed by atoms with Gasteiger partial charge in [0.05, 0.1) is 23.6 Å². The molecule has 1 unspecified atom stereocenters. The second kappa shape index (κ2) is 7.27. The van der Waals surface area contributed by atoms with Gasteiger partial charge >= 0.3 is 0 Å². The molecule has 1 aliphatic heterocycles. The minimum Gasteiger partial charge on any atom is -0.351 e. The predicted molar refractivity (Wildman–Crippen MR) is 98.3 cm³/mol. The van der Waals surface area contributed by atoms with E-state index in [9.17, 15) is 13.2 Å². The molecule has 1 amide bonds. The third kappa shape index (κ3) is 4.68. The third-order valence-corrected chi connectivity index (χ3v) is 6.19. The normalized spacial score (nSPS) is 19.4. The summed E-state index contributed by atoms with van der Waals surface area (Å²) in [7, 11) is -1.16. The summed E-state index contributed by atoms with van der Waals surface area (Å²) in [5.41, 5.74) is 1.81. The van der Waals surface area contributed by atoms with Crippen molar-refractivity contribution in [1.82, 2.24) is 15.2 Å². The van der Waals surface area contributed by atoms with Gasteiger partial charge in [0.2, 0.25) is 5.91 Å². The molecule has 1 aromatic carbocycles. The van der Waals surface area contributed by atoms with E-state index in [4.69, 9.17) is 11.6 Å². The largest absolute Gasteiger partial charge is 0.351 e. The van der Waals surface area contributed by atoms with Gasteiger partial charge in [0.25, 0.3) is 0 Å². The lowest BCUT2D eigenvalue weighted by molar-refractivity contribution is -0.122. The fourth-order valence-electron chi connectivity index (χ4n) is 3.12. The Morgan fingerprint density at radius 3 is 2.96 bits per heavy atom. The molecule has 0 aliphatic carbocycles. The van der Waals surface area contributed by atoms with E-state index < -0.39 is 9.84 Å². The number of halogens is 1.